The molecule has 0 aromatic heterocycles. The summed E-state index contributed by atoms with van der Waals surface area (Å²) in [5.74, 6) is 0.967. The van der Waals surface area contributed by atoms with Gasteiger partial charge in [0, 0.05) is 28.6 Å². The Morgan fingerprint density at radius 1 is 1.50 bits per heavy atom. The van der Waals surface area contributed by atoms with Gasteiger partial charge in [0.1, 0.15) is 0 Å². The second kappa shape index (κ2) is 7.33. The minimum Gasteiger partial charge on any atom is -0.384 e. The van der Waals surface area contributed by atoms with Gasteiger partial charge in [-0.05, 0) is 24.6 Å². The van der Waals surface area contributed by atoms with Crippen LogP contribution in [0.4, 0.5) is 0 Å². The highest BCUT2D eigenvalue weighted by molar-refractivity contribution is 9.10. The zero-order valence-corrected chi connectivity index (χ0v) is 12.1. The molecule has 0 saturated heterocycles. The van der Waals surface area contributed by atoms with Crippen LogP contribution in [0.1, 0.15) is 17.7 Å². The van der Waals surface area contributed by atoms with E-state index in [1.165, 1.54) is 5.56 Å². The minimum absolute atomic E-state index is 0.135. The van der Waals surface area contributed by atoms with Crippen molar-refractivity contribution in [2.75, 3.05) is 19.5 Å². The molecule has 0 amide bonds. The van der Waals surface area contributed by atoms with E-state index in [4.69, 9.17) is 10.5 Å². The Balaban J connectivity index is 2.69. The molecule has 2 nitrogen and oxygen atoms in total. The molecule has 2 atom stereocenters. The van der Waals surface area contributed by atoms with Gasteiger partial charge in [0.05, 0.1) is 6.61 Å². The predicted molar refractivity (Wildman–Crippen MR) is 74.9 cm³/mol. The SMILES string of the molecule is COCCSC(c1cccc(Br)c1)C(C)N. The molecule has 0 radical (unpaired) electrons. The third-order valence-corrected chi connectivity index (χ3v) is 4.20. The van der Waals surface area contributed by atoms with Crippen molar-refractivity contribution in [1.82, 2.24) is 0 Å². The maximum Gasteiger partial charge on any atom is 0.0553 e. The highest BCUT2D eigenvalue weighted by Gasteiger charge is 2.16. The number of benzene rings is 1. The Morgan fingerprint density at radius 2 is 2.25 bits per heavy atom. The van der Waals surface area contributed by atoms with E-state index in [1.807, 2.05) is 30.8 Å². The molecule has 1 aromatic rings. The van der Waals surface area contributed by atoms with Gasteiger partial charge in [0.25, 0.3) is 0 Å². The van der Waals surface area contributed by atoms with Crippen LogP contribution < -0.4 is 5.73 Å². The molecule has 1 aromatic carbocycles. The standard InChI is InChI=1S/C12H18BrNOS/c1-9(14)12(16-7-6-15-2)10-4-3-5-11(13)8-10/h3-5,8-9,12H,6-7,14H2,1-2H3. The van der Waals surface area contributed by atoms with Crippen molar-refractivity contribution in [2.45, 2.75) is 18.2 Å². The van der Waals surface area contributed by atoms with Crippen LogP contribution in [0.25, 0.3) is 0 Å². The maximum absolute atomic E-state index is 6.02. The molecular formula is C12H18BrNOS. The third kappa shape index (κ3) is 4.45. The van der Waals surface area contributed by atoms with Gasteiger partial charge in [-0.1, -0.05) is 28.1 Å². The lowest BCUT2D eigenvalue weighted by molar-refractivity contribution is 0.218. The molecule has 2 N–H and O–H groups in total. The van der Waals surface area contributed by atoms with Crippen molar-refractivity contribution in [3.63, 3.8) is 0 Å². The smallest absolute Gasteiger partial charge is 0.0553 e. The lowest BCUT2D eigenvalue weighted by Gasteiger charge is -2.21. The van der Waals surface area contributed by atoms with Crippen molar-refractivity contribution < 1.29 is 4.74 Å². The molecule has 0 saturated carbocycles. The van der Waals surface area contributed by atoms with Gasteiger partial charge in [-0.3, -0.25) is 0 Å². The van der Waals surface area contributed by atoms with Crippen LogP contribution in [0.3, 0.4) is 0 Å². The summed E-state index contributed by atoms with van der Waals surface area (Å²) in [4.78, 5) is 0. The molecular weight excluding hydrogens is 286 g/mol. The molecule has 0 aliphatic carbocycles. The van der Waals surface area contributed by atoms with Gasteiger partial charge in [-0.15, -0.1) is 11.8 Å². The summed E-state index contributed by atoms with van der Waals surface area (Å²) in [6, 6.07) is 8.47. The average molecular weight is 304 g/mol. The molecule has 90 valence electrons. The van der Waals surface area contributed by atoms with E-state index in [-0.39, 0.29) is 6.04 Å². The number of hydrogen-bond acceptors (Lipinski definition) is 3. The van der Waals surface area contributed by atoms with E-state index in [0.29, 0.717) is 5.25 Å². The first-order valence-electron chi connectivity index (χ1n) is 5.26. The third-order valence-electron chi connectivity index (χ3n) is 2.24. The van der Waals surface area contributed by atoms with Crippen molar-refractivity contribution in [1.29, 1.82) is 0 Å². The number of rotatable bonds is 6. The maximum atomic E-state index is 6.02. The molecule has 0 aliphatic rings. The van der Waals surface area contributed by atoms with Gasteiger partial charge in [0.15, 0.2) is 0 Å². The van der Waals surface area contributed by atoms with Gasteiger partial charge in [0.2, 0.25) is 0 Å². The van der Waals surface area contributed by atoms with Crippen LogP contribution in [0.5, 0.6) is 0 Å². The second-order valence-electron chi connectivity index (χ2n) is 3.70. The number of nitrogens with two attached hydrogens (primary N) is 1. The fraction of sp³-hybridized carbons (Fsp3) is 0.500. The topological polar surface area (TPSA) is 35.2 Å². The lowest BCUT2D eigenvalue weighted by Crippen LogP contribution is -2.23. The molecule has 0 fully saturated rings. The van der Waals surface area contributed by atoms with Crippen LogP contribution in [0.2, 0.25) is 0 Å². The molecule has 1 rings (SSSR count). The second-order valence-corrected chi connectivity index (χ2v) is 5.86. The first kappa shape index (κ1) is 14.0. The summed E-state index contributed by atoms with van der Waals surface area (Å²) >= 11 is 5.33. The minimum atomic E-state index is 0.135. The first-order chi connectivity index (χ1) is 7.65. The summed E-state index contributed by atoms with van der Waals surface area (Å²) in [7, 11) is 1.72. The van der Waals surface area contributed by atoms with Gasteiger partial charge >= 0.3 is 0 Å². The number of thioether (sulfide) groups is 1. The van der Waals surface area contributed by atoms with Gasteiger partial charge < -0.3 is 10.5 Å². The molecule has 16 heavy (non-hydrogen) atoms. The Hall–Kier alpha value is -0.0300. The van der Waals surface area contributed by atoms with E-state index in [1.54, 1.807) is 7.11 Å². The van der Waals surface area contributed by atoms with E-state index in [2.05, 4.69) is 28.1 Å². The average Bonchev–Trinajstić information content (AvgIpc) is 2.24. The lowest BCUT2D eigenvalue weighted by atomic mass is 10.1. The number of halogens is 1. The van der Waals surface area contributed by atoms with E-state index in [0.717, 1.165) is 16.8 Å². The predicted octanol–water partition coefficient (Wildman–Crippen LogP) is 3.22. The van der Waals surface area contributed by atoms with Crippen molar-refractivity contribution in [3.05, 3.63) is 34.3 Å². The van der Waals surface area contributed by atoms with Crippen LogP contribution in [-0.4, -0.2) is 25.5 Å². The highest BCUT2D eigenvalue weighted by atomic mass is 79.9. The number of ether oxygens (including phenoxy) is 1. The normalized spacial score (nSPS) is 14.8. The highest BCUT2D eigenvalue weighted by Crippen LogP contribution is 2.32. The Kier molecular flexibility index (Phi) is 6.43. The Morgan fingerprint density at radius 3 is 2.81 bits per heavy atom. The van der Waals surface area contributed by atoms with Gasteiger partial charge in [-0.25, -0.2) is 0 Å². The molecule has 0 heterocycles. The largest absolute Gasteiger partial charge is 0.384 e. The monoisotopic (exact) mass is 303 g/mol. The first-order valence-corrected chi connectivity index (χ1v) is 7.11. The summed E-state index contributed by atoms with van der Waals surface area (Å²) in [6.45, 7) is 2.81. The molecule has 2 unspecified atom stereocenters. The molecule has 0 bridgehead atoms. The van der Waals surface area contributed by atoms with E-state index in [9.17, 15) is 0 Å². The summed E-state index contributed by atoms with van der Waals surface area (Å²) in [5, 5.41) is 0.327. The zero-order chi connectivity index (χ0) is 12.0. The zero-order valence-electron chi connectivity index (χ0n) is 9.65. The van der Waals surface area contributed by atoms with Crippen LogP contribution in [0, 0.1) is 0 Å². The van der Waals surface area contributed by atoms with Crippen LogP contribution in [-0.2, 0) is 4.74 Å². The summed E-state index contributed by atoms with van der Waals surface area (Å²) in [5.41, 5.74) is 7.29. The van der Waals surface area contributed by atoms with Crippen LogP contribution >= 0.6 is 27.7 Å². The number of hydrogen-bond donors (Lipinski definition) is 1. The van der Waals surface area contributed by atoms with Gasteiger partial charge in [-0.2, -0.15) is 0 Å². The Labute approximate surface area is 110 Å². The van der Waals surface area contributed by atoms with E-state index >= 15 is 0 Å². The Bertz CT molecular complexity index is 320. The van der Waals surface area contributed by atoms with Crippen molar-refractivity contribution in [3.8, 4) is 0 Å². The summed E-state index contributed by atoms with van der Waals surface area (Å²) < 4.78 is 6.16. The fourth-order valence-electron chi connectivity index (χ4n) is 1.49. The fourth-order valence-corrected chi connectivity index (χ4v) is 3.07. The molecule has 4 heteroatoms. The van der Waals surface area contributed by atoms with Crippen molar-refractivity contribution in [2.24, 2.45) is 5.73 Å². The quantitative estimate of drug-likeness (QED) is 0.820. The molecule has 0 spiro atoms. The van der Waals surface area contributed by atoms with Crippen LogP contribution in [0.15, 0.2) is 28.7 Å². The van der Waals surface area contributed by atoms with Crippen molar-refractivity contribution >= 4 is 27.7 Å². The summed E-state index contributed by atoms with van der Waals surface area (Å²) in [6.07, 6.45) is 0. The number of methoxy groups -OCH3 is 1. The van der Waals surface area contributed by atoms with E-state index < -0.39 is 0 Å². The molecule has 0 aliphatic heterocycles.